The number of rotatable bonds is 3. The third-order valence-corrected chi connectivity index (χ3v) is 2.41. The maximum atomic E-state index is 13.7. The molecule has 1 aromatic carbocycles. The van der Waals surface area contributed by atoms with Crippen LogP contribution >= 0.6 is 0 Å². The average Bonchev–Trinajstić information content (AvgIpc) is 2.77. The molecule has 2 aromatic rings. The van der Waals surface area contributed by atoms with E-state index in [2.05, 4.69) is 14.9 Å². The van der Waals surface area contributed by atoms with E-state index in [0.29, 0.717) is 0 Å². The molecule has 1 aromatic heterocycles. The van der Waals surface area contributed by atoms with Gasteiger partial charge in [0, 0.05) is 29.6 Å². The smallest absolute Gasteiger partial charge is 0.340 e. The molecule has 100 valence electrons. The molecule has 0 atom stereocenters. The lowest BCUT2D eigenvalue weighted by atomic mass is 10.1. The third kappa shape index (κ3) is 2.65. The molecule has 0 spiro atoms. The minimum Gasteiger partial charge on any atom is -0.465 e. The van der Waals surface area contributed by atoms with Crippen molar-refractivity contribution >= 4 is 11.7 Å². The van der Waals surface area contributed by atoms with Crippen LogP contribution < -0.4 is 10.5 Å². The maximum Gasteiger partial charge on any atom is 0.340 e. The number of carbonyl (C=O) groups is 1. The predicted octanol–water partition coefficient (Wildman–Crippen LogP) is 2.02. The molecular formula is C12H12FN3O3. The fourth-order valence-corrected chi connectivity index (χ4v) is 1.49. The lowest BCUT2D eigenvalue weighted by Crippen LogP contribution is -2.06. The number of nitrogens with one attached hydrogen (secondary N) is 1. The molecule has 2 rings (SSSR count). The van der Waals surface area contributed by atoms with Crippen LogP contribution in [0.15, 0.2) is 18.2 Å². The van der Waals surface area contributed by atoms with Crippen LogP contribution in [0.2, 0.25) is 0 Å². The Morgan fingerprint density at radius 3 is 2.74 bits per heavy atom. The SMILES string of the molecule is COC(=O)c1cc(Oc2cc(C)[nH]n2)c(F)cc1N. The van der Waals surface area contributed by atoms with E-state index in [1.54, 1.807) is 13.0 Å². The minimum absolute atomic E-state index is 0.0186. The average molecular weight is 265 g/mol. The molecule has 0 fully saturated rings. The molecule has 7 heteroatoms. The second-order valence-corrected chi connectivity index (χ2v) is 3.85. The van der Waals surface area contributed by atoms with Gasteiger partial charge in [-0.1, -0.05) is 0 Å². The van der Waals surface area contributed by atoms with Crippen molar-refractivity contribution < 1.29 is 18.7 Å². The summed E-state index contributed by atoms with van der Waals surface area (Å²) in [5.41, 5.74) is 6.32. The van der Waals surface area contributed by atoms with Gasteiger partial charge in [-0.3, -0.25) is 5.10 Å². The zero-order valence-electron chi connectivity index (χ0n) is 10.4. The van der Waals surface area contributed by atoms with Gasteiger partial charge in [0.2, 0.25) is 5.88 Å². The number of nitrogens with zero attached hydrogens (tertiary/aromatic N) is 1. The Morgan fingerprint density at radius 2 is 2.16 bits per heavy atom. The van der Waals surface area contributed by atoms with E-state index in [1.807, 2.05) is 0 Å². The fraction of sp³-hybridized carbons (Fsp3) is 0.167. The topological polar surface area (TPSA) is 90.2 Å². The summed E-state index contributed by atoms with van der Waals surface area (Å²) < 4.78 is 23.5. The van der Waals surface area contributed by atoms with Crippen LogP contribution in [0.5, 0.6) is 11.6 Å². The number of ether oxygens (including phenoxy) is 2. The highest BCUT2D eigenvalue weighted by Gasteiger charge is 2.16. The van der Waals surface area contributed by atoms with Crippen molar-refractivity contribution in [2.45, 2.75) is 6.92 Å². The first-order valence-corrected chi connectivity index (χ1v) is 5.38. The quantitative estimate of drug-likeness (QED) is 0.654. The second kappa shape index (κ2) is 4.97. The van der Waals surface area contributed by atoms with Crippen molar-refractivity contribution in [3.05, 3.63) is 35.3 Å². The number of anilines is 1. The number of aryl methyl sites for hydroxylation is 1. The van der Waals surface area contributed by atoms with Gasteiger partial charge in [0.1, 0.15) is 0 Å². The largest absolute Gasteiger partial charge is 0.465 e. The number of methoxy groups -OCH3 is 1. The first kappa shape index (κ1) is 12.9. The number of hydrogen-bond donors (Lipinski definition) is 2. The summed E-state index contributed by atoms with van der Waals surface area (Å²) in [6.45, 7) is 1.78. The van der Waals surface area contributed by atoms with E-state index >= 15 is 0 Å². The summed E-state index contributed by atoms with van der Waals surface area (Å²) in [6, 6.07) is 3.77. The molecule has 0 bridgehead atoms. The number of halogens is 1. The third-order valence-electron chi connectivity index (χ3n) is 2.41. The van der Waals surface area contributed by atoms with E-state index < -0.39 is 11.8 Å². The van der Waals surface area contributed by atoms with Crippen molar-refractivity contribution in [2.75, 3.05) is 12.8 Å². The molecule has 0 unspecified atom stereocenters. The Kier molecular flexibility index (Phi) is 3.37. The van der Waals surface area contributed by atoms with Gasteiger partial charge in [0.05, 0.1) is 12.7 Å². The van der Waals surface area contributed by atoms with Crippen LogP contribution in [0.4, 0.5) is 10.1 Å². The van der Waals surface area contributed by atoms with E-state index in [4.69, 9.17) is 10.5 Å². The van der Waals surface area contributed by atoms with E-state index in [1.165, 1.54) is 13.2 Å². The number of H-pyrrole nitrogens is 1. The van der Waals surface area contributed by atoms with E-state index in [0.717, 1.165) is 11.8 Å². The first-order valence-electron chi connectivity index (χ1n) is 5.38. The summed E-state index contributed by atoms with van der Waals surface area (Å²) >= 11 is 0. The van der Waals surface area contributed by atoms with Crippen LogP contribution in [-0.4, -0.2) is 23.3 Å². The maximum absolute atomic E-state index is 13.7. The van der Waals surface area contributed by atoms with Crippen LogP contribution in [0, 0.1) is 12.7 Å². The lowest BCUT2D eigenvalue weighted by molar-refractivity contribution is 0.0601. The zero-order chi connectivity index (χ0) is 14.0. The Bertz CT molecular complexity index is 625. The molecule has 0 saturated heterocycles. The Hall–Kier alpha value is -2.57. The Morgan fingerprint density at radius 1 is 1.42 bits per heavy atom. The molecule has 0 aliphatic heterocycles. The van der Waals surface area contributed by atoms with Gasteiger partial charge < -0.3 is 15.2 Å². The number of nitrogens with two attached hydrogens (primary N) is 1. The molecule has 0 aliphatic rings. The van der Waals surface area contributed by atoms with Crippen molar-refractivity contribution in [1.82, 2.24) is 10.2 Å². The molecule has 19 heavy (non-hydrogen) atoms. The number of aromatic nitrogens is 2. The molecule has 6 nitrogen and oxygen atoms in total. The van der Waals surface area contributed by atoms with Crippen LogP contribution in [0.25, 0.3) is 0 Å². The van der Waals surface area contributed by atoms with Gasteiger partial charge in [0.25, 0.3) is 0 Å². The molecule has 1 heterocycles. The molecule has 0 radical (unpaired) electrons. The zero-order valence-corrected chi connectivity index (χ0v) is 10.4. The van der Waals surface area contributed by atoms with Gasteiger partial charge in [-0.2, -0.15) is 0 Å². The molecule has 0 aliphatic carbocycles. The number of aromatic amines is 1. The Balaban J connectivity index is 2.37. The first-order chi connectivity index (χ1) is 9.01. The second-order valence-electron chi connectivity index (χ2n) is 3.85. The number of hydrogen-bond acceptors (Lipinski definition) is 5. The summed E-state index contributed by atoms with van der Waals surface area (Å²) in [4.78, 5) is 11.5. The number of esters is 1. The minimum atomic E-state index is -0.689. The van der Waals surface area contributed by atoms with Gasteiger partial charge in [-0.25, -0.2) is 9.18 Å². The van der Waals surface area contributed by atoms with Crippen LogP contribution in [-0.2, 0) is 4.74 Å². The molecular weight excluding hydrogens is 253 g/mol. The highest BCUT2D eigenvalue weighted by Crippen LogP contribution is 2.28. The molecule has 0 saturated carbocycles. The molecule has 3 N–H and O–H groups in total. The lowest BCUT2D eigenvalue weighted by Gasteiger charge is -2.08. The number of nitrogen functional groups attached to an aromatic ring is 1. The highest BCUT2D eigenvalue weighted by molar-refractivity contribution is 5.95. The monoisotopic (exact) mass is 265 g/mol. The number of benzene rings is 1. The Labute approximate surface area is 108 Å². The van der Waals surface area contributed by atoms with Crippen LogP contribution in [0.1, 0.15) is 16.1 Å². The van der Waals surface area contributed by atoms with Crippen molar-refractivity contribution in [3.63, 3.8) is 0 Å². The van der Waals surface area contributed by atoms with Gasteiger partial charge >= 0.3 is 5.97 Å². The van der Waals surface area contributed by atoms with Gasteiger partial charge in [-0.15, -0.1) is 5.10 Å². The van der Waals surface area contributed by atoms with Gasteiger partial charge in [0.15, 0.2) is 11.6 Å². The summed E-state index contributed by atoms with van der Waals surface area (Å²) in [5.74, 6) is -1.32. The summed E-state index contributed by atoms with van der Waals surface area (Å²) in [5, 5.41) is 6.46. The van der Waals surface area contributed by atoms with Crippen molar-refractivity contribution in [1.29, 1.82) is 0 Å². The number of carbonyl (C=O) groups excluding carboxylic acids is 1. The van der Waals surface area contributed by atoms with E-state index in [9.17, 15) is 9.18 Å². The highest BCUT2D eigenvalue weighted by atomic mass is 19.1. The predicted molar refractivity (Wildman–Crippen MR) is 65.6 cm³/mol. The molecule has 0 amide bonds. The fourth-order valence-electron chi connectivity index (χ4n) is 1.49. The normalized spacial score (nSPS) is 10.3. The summed E-state index contributed by atoms with van der Waals surface area (Å²) in [6.07, 6.45) is 0. The summed E-state index contributed by atoms with van der Waals surface area (Å²) in [7, 11) is 1.21. The standard InChI is InChI=1S/C12H12FN3O3/c1-6-3-11(16-15-6)19-10-4-7(12(17)18-2)9(14)5-8(10)13/h3-5H,14H2,1-2H3,(H,15,16). The van der Waals surface area contributed by atoms with Crippen molar-refractivity contribution in [2.24, 2.45) is 0 Å². The van der Waals surface area contributed by atoms with E-state index in [-0.39, 0.29) is 22.9 Å². The van der Waals surface area contributed by atoms with Gasteiger partial charge in [-0.05, 0) is 6.92 Å². The van der Waals surface area contributed by atoms with Crippen LogP contribution in [0.3, 0.4) is 0 Å². The van der Waals surface area contributed by atoms with Crippen molar-refractivity contribution in [3.8, 4) is 11.6 Å².